The zero-order valence-corrected chi connectivity index (χ0v) is 15.0. The summed E-state index contributed by atoms with van der Waals surface area (Å²) in [6.07, 6.45) is 9.19. The van der Waals surface area contributed by atoms with Crippen LogP contribution < -0.4 is 4.90 Å². The van der Waals surface area contributed by atoms with Crippen LogP contribution in [0.2, 0.25) is 0 Å². The van der Waals surface area contributed by atoms with Crippen LogP contribution >= 0.6 is 0 Å². The van der Waals surface area contributed by atoms with Gasteiger partial charge in [0.25, 0.3) is 5.91 Å². The molecule has 1 atom stereocenters. The normalized spacial score (nSPS) is 24.2. The van der Waals surface area contributed by atoms with Gasteiger partial charge in [-0.3, -0.25) is 4.79 Å². The van der Waals surface area contributed by atoms with Crippen LogP contribution in [0.5, 0.6) is 0 Å². The van der Waals surface area contributed by atoms with Crippen molar-refractivity contribution in [1.29, 1.82) is 0 Å². The van der Waals surface area contributed by atoms with Crippen LogP contribution in [0.1, 0.15) is 43.7 Å². The van der Waals surface area contributed by atoms with Crippen molar-refractivity contribution < 1.29 is 9.53 Å². The minimum atomic E-state index is -0.219. The fourth-order valence-corrected chi connectivity index (χ4v) is 4.19. The van der Waals surface area contributed by atoms with Gasteiger partial charge in [-0.2, -0.15) is 5.10 Å². The maximum Gasteiger partial charge on any atom is 0.251 e. The molecule has 0 spiro atoms. The molecule has 0 radical (unpaired) electrons. The number of rotatable bonds is 3. The van der Waals surface area contributed by atoms with Gasteiger partial charge in [0, 0.05) is 51.1 Å². The molecular weight excluding hydrogens is 330 g/mol. The molecule has 26 heavy (non-hydrogen) atoms. The number of fused-ring (bicyclic) bond motifs is 1. The van der Waals surface area contributed by atoms with Crippen molar-refractivity contribution in [3.05, 3.63) is 24.2 Å². The summed E-state index contributed by atoms with van der Waals surface area (Å²) >= 11 is 0. The lowest BCUT2D eigenvalue weighted by molar-refractivity contribution is -0.141. The van der Waals surface area contributed by atoms with Gasteiger partial charge in [-0.15, -0.1) is 0 Å². The fraction of sp³-hybridized carbons (Fsp3) is 0.632. The Kier molecular flexibility index (Phi) is 4.04. The molecule has 5 rings (SSSR count). The van der Waals surface area contributed by atoms with Gasteiger partial charge in [-0.25, -0.2) is 9.50 Å². The van der Waals surface area contributed by atoms with Gasteiger partial charge in [0.15, 0.2) is 5.82 Å². The van der Waals surface area contributed by atoms with E-state index in [0.717, 1.165) is 50.4 Å². The lowest BCUT2D eigenvalue weighted by Gasteiger charge is -2.36. The fourth-order valence-electron chi connectivity index (χ4n) is 4.19. The van der Waals surface area contributed by atoms with Crippen LogP contribution in [0, 0.1) is 0 Å². The van der Waals surface area contributed by atoms with Crippen LogP contribution in [0.15, 0.2) is 18.5 Å². The maximum absolute atomic E-state index is 12.5. The Morgan fingerprint density at radius 2 is 1.96 bits per heavy atom. The van der Waals surface area contributed by atoms with Gasteiger partial charge in [-0.1, -0.05) is 6.42 Å². The summed E-state index contributed by atoms with van der Waals surface area (Å²) in [7, 11) is 0. The molecule has 2 saturated heterocycles. The highest BCUT2D eigenvalue weighted by molar-refractivity contribution is 5.81. The Bertz CT molecular complexity index is 801. The van der Waals surface area contributed by atoms with Crippen LogP contribution in [0.25, 0.3) is 5.52 Å². The Balaban J connectivity index is 1.31. The van der Waals surface area contributed by atoms with Crippen molar-refractivity contribution in [2.75, 3.05) is 37.7 Å². The molecule has 1 aliphatic carbocycles. The summed E-state index contributed by atoms with van der Waals surface area (Å²) in [6, 6.07) is 2.20. The molecular formula is C19H25N5O2. The average Bonchev–Trinajstić information content (AvgIpc) is 3.29. The van der Waals surface area contributed by atoms with E-state index in [-0.39, 0.29) is 12.0 Å². The first-order chi connectivity index (χ1) is 12.8. The SMILES string of the molecule is O=C(C1CCCO1)N1CCN(c2nccn3nc(C4CCC4)cc23)CC1. The number of carbonyl (C=O) groups is 1. The number of aromatic nitrogens is 3. The van der Waals surface area contributed by atoms with E-state index >= 15 is 0 Å². The third kappa shape index (κ3) is 2.74. The highest BCUT2D eigenvalue weighted by Gasteiger charge is 2.31. The third-order valence-electron chi connectivity index (χ3n) is 6.01. The summed E-state index contributed by atoms with van der Waals surface area (Å²) in [4.78, 5) is 21.4. The second kappa shape index (κ2) is 6.54. The first kappa shape index (κ1) is 16.1. The van der Waals surface area contributed by atoms with E-state index in [1.807, 2.05) is 21.8 Å². The lowest BCUT2D eigenvalue weighted by atomic mass is 9.83. The van der Waals surface area contributed by atoms with E-state index < -0.39 is 0 Å². The number of hydrogen-bond acceptors (Lipinski definition) is 5. The van der Waals surface area contributed by atoms with E-state index in [2.05, 4.69) is 16.0 Å². The van der Waals surface area contributed by atoms with Crippen LogP contribution in [0.4, 0.5) is 5.82 Å². The lowest BCUT2D eigenvalue weighted by Crippen LogP contribution is -2.51. The molecule has 2 aromatic heterocycles. The molecule has 3 fully saturated rings. The van der Waals surface area contributed by atoms with Gasteiger partial charge < -0.3 is 14.5 Å². The number of carbonyl (C=O) groups excluding carboxylic acids is 1. The quantitative estimate of drug-likeness (QED) is 0.840. The molecule has 1 amide bonds. The van der Waals surface area contributed by atoms with E-state index in [4.69, 9.17) is 9.84 Å². The monoisotopic (exact) mass is 355 g/mol. The van der Waals surface area contributed by atoms with Crippen molar-refractivity contribution in [3.8, 4) is 0 Å². The number of anilines is 1. The van der Waals surface area contributed by atoms with Crippen LogP contribution in [-0.4, -0.2) is 64.3 Å². The zero-order valence-electron chi connectivity index (χ0n) is 15.0. The maximum atomic E-state index is 12.5. The minimum Gasteiger partial charge on any atom is -0.368 e. The van der Waals surface area contributed by atoms with Crippen molar-refractivity contribution in [2.24, 2.45) is 0 Å². The first-order valence-corrected chi connectivity index (χ1v) is 9.79. The van der Waals surface area contributed by atoms with Gasteiger partial charge in [0.05, 0.1) is 5.69 Å². The molecule has 4 heterocycles. The third-order valence-corrected chi connectivity index (χ3v) is 6.01. The van der Waals surface area contributed by atoms with Crippen LogP contribution in [0.3, 0.4) is 0 Å². The molecule has 1 unspecified atom stereocenters. The minimum absolute atomic E-state index is 0.157. The molecule has 0 bridgehead atoms. The second-order valence-corrected chi connectivity index (χ2v) is 7.59. The van der Waals surface area contributed by atoms with E-state index in [0.29, 0.717) is 12.5 Å². The standard InChI is InChI=1S/C19H25N5O2/c25-19(17-5-2-12-26-17)23-10-8-22(9-11-23)18-16-13-15(14-3-1-4-14)21-24(16)7-6-20-18/h6-7,13-14,17H,1-5,8-12H2. The highest BCUT2D eigenvalue weighted by Crippen LogP contribution is 2.36. The highest BCUT2D eigenvalue weighted by atomic mass is 16.5. The molecule has 7 nitrogen and oxygen atoms in total. The first-order valence-electron chi connectivity index (χ1n) is 9.79. The average molecular weight is 355 g/mol. The van der Waals surface area contributed by atoms with Gasteiger partial charge in [0.2, 0.25) is 0 Å². The number of piperazine rings is 1. The van der Waals surface area contributed by atoms with Gasteiger partial charge >= 0.3 is 0 Å². The van der Waals surface area contributed by atoms with Crippen molar-refractivity contribution >= 4 is 17.2 Å². The van der Waals surface area contributed by atoms with Crippen molar-refractivity contribution in [1.82, 2.24) is 19.5 Å². The largest absolute Gasteiger partial charge is 0.368 e. The Labute approximate surface area is 152 Å². The zero-order chi connectivity index (χ0) is 17.5. The summed E-state index contributed by atoms with van der Waals surface area (Å²) in [6.45, 7) is 3.77. The smallest absolute Gasteiger partial charge is 0.251 e. The topological polar surface area (TPSA) is 63.0 Å². The molecule has 2 aromatic rings. The van der Waals surface area contributed by atoms with E-state index in [9.17, 15) is 4.79 Å². The Morgan fingerprint density at radius 1 is 1.12 bits per heavy atom. The van der Waals surface area contributed by atoms with Crippen molar-refractivity contribution in [2.45, 2.75) is 44.1 Å². The summed E-state index contributed by atoms with van der Waals surface area (Å²) < 4.78 is 7.51. The van der Waals surface area contributed by atoms with E-state index in [1.165, 1.54) is 25.0 Å². The predicted molar refractivity (Wildman–Crippen MR) is 97.3 cm³/mol. The predicted octanol–water partition coefficient (Wildman–Crippen LogP) is 1.82. The Morgan fingerprint density at radius 3 is 2.65 bits per heavy atom. The molecule has 1 saturated carbocycles. The number of amides is 1. The molecule has 0 N–H and O–H groups in total. The summed E-state index contributed by atoms with van der Waals surface area (Å²) in [5.41, 5.74) is 2.27. The molecule has 7 heteroatoms. The van der Waals surface area contributed by atoms with Gasteiger partial charge in [-0.05, 0) is 31.7 Å². The molecule has 138 valence electrons. The summed E-state index contributed by atoms with van der Waals surface area (Å²) in [5.74, 6) is 1.75. The number of hydrogen-bond donors (Lipinski definition) is 0. The number of nitrogens with zero attached hydrogens (tertiary/aromatic N) is 5. The molecule has 2 aliphatic heterocycles. The molecule has 0 aromatic carbocycles. The van der Waals surface area contributed by atoms with Crippen LogP contribution in [-0.2, 0) is 9.53 Å². The number of ether oxygens (including phenoxy) is 1. The van der Waals surface area contributed by atoms with Crippen molar-refractivity contribution in [3.63, 3.8) is 0 Å². The Hall–Kier alpha value is -2.15. The summed E-state index contributed by atoms with van der Waals surface area (Å²) in [5, 5.41) is 4.75. The van der Waals surface area contributed by atoms with E-state index in [1.54, 1.807) is 0 Å². The molecule has 3 aliphatic rings. The second-order valence-electron chi connectivity index (χ2n) is 7.59. The van der Waals surface area contributed by atoms with Gasteiger partial charge in [0.1, 0.15) is 11.6 Å².